The van der Waals surface area contributed by atoms with Gasteiger partial charge in [0.15, 0.2) is 5.58 Å². The summed E-state index contributed by atoms with van der Waals surface area (Å²) in [6.45, 7) is 2.19. The molecule has 18 heavy (non-hydrogen) atoms. The minimum atomic E-state index is 0.867. The van der Waals surface area contributed by atoms with Crippen LogP contribution < -0.4 is 0 Å². The summed E-state index contributed by atoms with van der Waals surface area (Å²) < 4.78 is 6.99. The number of fused-ring (bicyclic) bond motifs is 3. The summed E-state index contributed by atoms with van der Waals surface area (Å²) in [5.41, 5.74) is 1.88. The number of hydrogen-bond donors (Lipinski definition) is 0. The summed E-state index contributed by atoms with van der Waals surface area (Å²) in [6.07, 6.45) is 5.10. The van der Waals surface area contributed by atoms with E-state index in [0.717, 1.165) is 44.9 Å². The van der Waals surface area contributed by atoms with E-state index in [-0.39, 0.29) is 0 Å². The normalized spacial score (nSPS) is 11.4. The SMILES string of the molecule is CCCCc1oc2cnc3ccccc3c2c1Br. The Labute approximate surface area is 114 Å². The highest BCUT2D eigenvalue weighted by Crippen LogP contribution is 2.35. The summed E-state index contributed by atoms with van der Waals surface area (Å²) in [5, 5.41) is 2.29. The number of nitrogens with zero attached hydrogens (tertiary/aromatic N) is 1. The van der Waals surface area contributed by atoms with Gasteiger partial charge in [-0.3, -0.25) is 4.98 Å². The Bertz CT molecular complexity index is 702. The molecule has 3 rings (SSSR count). The molecule has 0 aliphatic heterocycles. The number of benzene rings is 1. The average molecular weight is 304 g/mol. The molecule has 0 aliphatic rings. The van der Waals surface area contributed by atoms with E-state index in [1.165, 1.54) is 6.42 Å². The van der Waals surface area contributed by atoms with Gasteiger partial charge in [0, 0.05) is 17.2 Å². The molecule has 0 amide bonds. The first-order valence-electron chi connectivity index (χ1n) is 6.26. The van der Waals surface area contributed by atoms with E-state index >= 15 is 0 Å². The standard InChI is InChI=1S/C15H14BrNO/c1-2-3-8-12-15(16)14-10-6-4-5-7-11(10)17-9-13(14)18-12/h4-7,9H,2-3,8H2,1H3. The second kappa shape index (κ2) is 4.73. The zero-order valence-electron chi connectivity index (χ0n) is 10.2. The van der Waals surface area contributed by atoms with Crippen LogP contribution in [0.15, 0.2) is 39.4 Å². The van der Waals surface area contributed by atoms with Gasteiger partial charge in [0.25, 0.3) is 0 Å². The fourth-order valence-corrected chi connectivity index (χ4v) is 2.93. The third kappa shape index (κ3) is 1.83. The second-order valence-electron chi connectivity index (χ2n) is 4.46. The van der Waals surface area contributed by atoms with Gasteiger partial charge in [0.1, 0.15) is 5.76 Å². The molecular formula is C15H14BrNO. The van der Waals surface area contributed by atoms with E-state index in [0.29, 0.717) is 0 Å². The van der Waals surface area contributed by atoms with E-state index in [9.17, 15) is 0 Å². The van der Waals surface area contributed by atoms with Crippen LogP contribution in [0.5, 0.6) is 0 Å². The summed E-state index contributed by atoms with van der Waals surface area (Å²) in [6, 6.07) is 8.16. The van der Waals surface area contributed by atoms with Gasteiger partial charge in [0.05, 0.1) is 16.2 Å². The quantitative estimate of drug-likeness (QED) is 0.674. The number of furan rings is 1. The van der Waals surface area contributed by atoms with Crippen molar-refractivity contribution in [3.8, 4) is 0 Å². The highest BCUT2D eigenvalue weighted by atomic mass is 79.9. The lowest BCUT2D eigenvalue weighted by atomic mass is 10.1. The molecule has 0 radical (unpaired) electrons. The number of hydrogen-bond acceptors (Lipinski definition) is 2. The molecular weight excluding hydrogens is 290 g/mol. The molecule has 2 nitrogen and oxygen atoms in total. The van der Waals surface area contributed by atoms with Crippen LogP contribution in [-0.4, -0.2) is 4.98 Å². The minimum absolute atomic E-state index is 0.867. The van der Waals surface area contributed by atoms with Crippen molar-refractivity contribution in [3.63, 3.8) is 0 Å². The van der Waals surface area contributed by atoms with Crippen molar-refractivity contribution >= 4 is 37.8 Å². The van der Waals surface area contributed by atoms with Crippen molar-refractivity contribution in [2.45, 2.75) is 26.2 Å². The van der Waals surface area contributed by atoms with Gasteiger partial charge in [-0.2, -0.15) is 0 Å². The maximum atomic E-state index is 5.90. The van der Waals surface area contributed by atoms with Crippen LogP contribution >= 0.6 is 15.9 Å². The first-order valence-corrected chi connectivity index (χ1v) is 7.05. The fraction of sp³-hybridized carbons (Fsp3) is 0.267. The van der Waals surface area contributed by atoms with Gasteiger partial charge in [-0.25, -0.2) is 0 Å². The van der Waals surface area contributed by atoms with Crippen LogP contribution in [-0.2, 0) is 6.42 Å². The predicted octanol–water partition coefficient (Wildman–Crippen LogP) is 5.09. The van der Waals surface area contributed by atoms with Crippen molar-refractivity contribution < 1.29 is 4.42 Å². The lowest BCUT2D eigenvalue weighted by molar-refractivity contribution is 0.533. The topological polar surface area (TPSA) is 26.0 Å². The van der Waals surface area contributed by atoms with E-state index in [1.807, 2.05) is 24.4 Å². The molecule has 3 heteroatoms. The first-order chi connectivity index (χ1) is 8.81. The molecule has 0 N–H and O–H groups in total. The zero-order chi connectivity index (χ0) is 12.5. The summed E-state index contributed by atoms with van der Waals surface area (Å²) >= 11 is 3.68. The molecule has 0 atom stereocenters. The van der Waals surface area contributed by atoms with Gasteiger partial charge < -0.3 is 4.42 Å². The van der Waals surface area contributed by atoms with Gasteiger partial charge in [-0.05, 0) is 28.4 Å². The number of aromatic nitrogens is 1. The molecule has 0 saturated carbocycles. The lowest BCUT2D eigenvalue weighted by Gasteiger charge is -1.97. The van der Waals surface area contributed by atoms with E-state index in [4.69, 9.17) is 4.42 Å². The molecule has 92 valence electrons. The van der Waals surface area contributed by atoms with Crippen LogP contribution in [0.4, 0.5) is 0 Å². The summed E-state index contributed by atoms with van der Waals surface area (Å²) in [5.74, 6) is 1.03. The predicted molar refractivity (Wildman–Crippen MR) is 77.8 cm³/mol. The number of halogens is 1. The van der Waals surface area contributed by atoms with Crippen molar-refractivity contribution in [1.82, 2.24) is 4.98 Å². The Morgan fingerprint density at radius 2 is 2.11 bits per heavy atom. The third-order valence-electron chi connectivity index (χ3n) is 3.20. The number of aryl methyl sites for hydroxylation is 1. The maximum Gasteiger partial charge on any atom is 0.154 e. The second-order valence-corrected chi connectivity index (χ2v) is 5.25. The highest BCUT2D eigenvalue weighted by molar-refractivity contribution is 9.10. The van der Waals surface area contributed by atoms with Crippen LogP contribution in [0.1, 0.15) is 25.5 Å². The van der Waals surface area contributed by atoms with Gasteiger partial charge in [0.2, 0.25) is 0 Å². The van der Waals surface area contributed by atoms with Crippen molar-refractivity contribution in [3.05, 3.63) is 40.7 Å². The van der Waals surface area contributed by atoms with Crippen LogP contribution in [0.2, 0.25) is 0 Å². The Kier molecular flexibility index (Phi) is 3.08. The van der Waals surface area contributed by atoms with E-state index < -0.39 is 0 Å². The number of unbranched alkanes of at least 4 members (excludes halogenated alkanes) is 1. The van der Waals surface area contributed by atoms with Crippen molar-refractivity contribution in [2.75, 3.05) is 0 Å². The summed E-state index contributed by atoms with van der Waals surface area (Å²) in [7, 11) is 0. The third-order valence-corrected chi connectivity index (χ3v) is 4.03. The molecule has 0 spiro atoms. The minimum Gasteiger partial charge on any atom is -0.458 e. The monoisotopic (exact) mass is 303 g/mol. The molecule has 0 fully saturated rings. The molecule has 0 aliphatic carbocycles. The van der Waals surface area contributed by atoms with E-state index in [1.54, 1.807) is 0 Å². The van der Waals surface area contributed by atoms with Gasteiger partial charge >= 0.3 is 0 Å². The smallest absolute Gasteiger partial charge is 0.154 e. The molecule has 1 aromatic carbocycles. The van der Waals surface area contributed by atoms with Gasteiger partial charge in [-0.15, -0.1) is 0 Å². The Balaban J connectivity index is 2.26. The summed E-state index contributed by atoms with van der Waals surface area (Å²) in [4.78, 5) is 4.43. The first kappa shape index (κ1) is 11.7. The van der Waals surface area contributed by atoms with Crippen LogP contribution in [0.3, 0.4) is 0 Å². The Hall–Kier alpha value is -1.35. The molecule has 2 heterocycles. The Morgan fingerprint density at radius 3 is 2.94 bits per heavy atom. The van der Waals surface area contributed by atoms with E-state index in [2.05, 4.69) is 33.9 Å². The fourth-order valence-electron chi connectivity index (χ4n) is 2.24. The van der Waals surface area contributed by atoms with Crippen LogP contribution in [0, 0.1) is 0 Å². The lowest BCUT2D eigenvalue weighted by Crippen LogP contribution is -1.81. The van der Waals surface area contributed by atoms with Crippen molar-refractivity contribution in [2.24, 2.45) is 0 Å². The van der Waals surface area contributed by atoms with Gasteiger partial charge in [-0.1, -0.05) is 31.5 Å². The number of pyridine rings is 1. The molecule has 0 bridgehead atoms. The highest BCUT2D eigenvalue weighted by Gasteiger charge is 2.14. The molecule has 3 aromatic rings. The number of rotatable bonds is 3. The Morgan fingerprint density at radius 1 is 1.28 bits per heavy atom. The number of para-hydroxylation sites is 1. The maximum absolute atomic E-state index is 5.90. The molecule has 0 unspecified atom stereocenters. The van der Waals surface area contributed by atoms with Crippen molar-refractivity contribution in [1.29, 1.82) is 0 Å². The average Bonchev–Trinajstić information content (AvgIpc) is 2.73. The zero-order valence-corrected chi connectivity index (χ0v) is 11.8. The van der Waals surface area contributed by atoms with Crippen LogP contribution in [0.25, 0.3) is 21.9 Å². The molecule has 0 saturated heterocycles. The molecule has 2 aromatic heterocycles. The largest absolute Gasteiger partial charge is 0.458 e.